The molecule has 0 spiro atoms. The van der Waals surface area contributed by atoms with Crippen molar-refractivity contribution in [3.05, 3.63) is 64.2 Å². The van der Waals surface area contributed by atoms with E-state index in [1.54, 1.807) is 0 Å². The Labute approximate surface area is 91.3 Å². The standard InChI is InChI=1S/2C5H5.Pb/c2*1-2-4-5-3-1;/h2*1-5H;/q;;+2. The van der Waals surface area contributed by atoms with E-state index in [-0.39, 0.29) is 27.3 Å². The van der Waals surface area contributed by atoms with E-state index in [2.05, 4.69) is 0 Å². The van der Waals surface area contributed by atoms with Crippen molar-refractivity contribution in [2.24, 2.45) is 0 Å². The molecule has 0 N–H and O–H groups in total. The third kappa shape index (κ3) is 7.29. The Balaban J connectivity index is 0.000000167. The van der Waals surface area contributed by atoms with Crippen molar-refractivity contribution >= 4 is 27.3 Å². The zero-order chi connectivity index (χ0) is 7.07. The SMILES string of the molecule is [CH]1[CH][CH][CH][CH]1.[CH]1[CH][CH][CH][CH]1.[Pb+2]. The summed E-state index contributed by atoms with van der Waals surface area (Å²) in [6.07, 6.45) is 20.0. The summed E-state index contributed by atoms with van der Waals surface area (Å²) >= 11 is 0. The summed E-state index contributed by atoms with van der Waals surface area (Å²) in [7, 11) is 0. The van der Waals surface area contributed by atoms with E-state index in [1.807, 2.05) is 64.2 Å². The molecule has 2 fully saturated rings. The Morgan fingerprint density at radius 2 is 0.364 bits per heavy atom. The summed E-state index contributed by atoms with van der Waals surface area (Å²) in [5.74, 6) is 0. The van der Waals surface area contributed by atoms with Crippen molar-refractivity contribution in [1.82, 2.24) is 0 Å². The van der Waals surface area contributed by atoms with Gasteiger partial charge in [0.25, 0.3) is 0 Å². The van der Waals surface area contributed by atoms with Gasteiger partial charge in [0, 0.05) is 0 Å². The minimum atomic E-state index is 0. The molecule has 2 saturated carbocycles. The van der Waals surface area contributed by atoms with Crippen molar-refractivity contribution in [3.63, 3.8) is 0 Å². The number of hydrogen-bond donors (Lipinski definition) is 0. The van der Waals surface area contributed by atoms with Gasteiger partial charge in [-0.1, -0.05) is 0 Å². The second-order valence-corrected chi connectivity index (χ2v) is 1.92. The molecule has 1 heteroatoms. The molecule has 0 unspecified atom stereocenters. The van der Waals surface area contributed by atoms with E-state index in [4.69, 9.17) is 0 Å². The summed E-state index contributed by atoms with van der Waals surface area (Å²) in [4.78, 5) is 0. The fraction of sp³-hybridized carbons (Fsp3) is 0. The molecule has 0 aromatic carbocycles. The van der Waals surface area contributed by atoms with Crippen LogP contribution in [0.3, 0.4) is 0 Å². The van der Waals surface area contributed by atoms with Gasteiger partial charge >= 0.3 is 27.3 Å². The molecule has 11 heavy (non-hydrogen) atoms. The molecule has 12 radical (unpaired) electrons. The third-order valence-corrected chi connectivity index (χ3v) is 1.11. The molecule has 2 aliphatic carbocycles. The van der Waals surface area contributed by atoms with Crippen molar-refractivity contribution in [3.8, 4) is 0 Å². The van der Waals surface area contributed by atoms with E-state index in [0.717, 1.165) is 0 Å². The zero-order valence-electron chi connectivity index (χ0n) is 6.27. The summed E-state index contributed by atoms with van der Waals surface area (Å²) in [6.45, 7) is 0. The summed E-state index contributed by atoms with van der Waals surface area (Å²) in [5.41, 5.74) is 0. The second-order valence-electron chi connectivity index (χ2n) is 1.92. The summed E-state index contributed by atoms with van der Waals surface area (Å²) in [5, 5.41) is 0. The van der Waals surface area contributed by atoms with Crippen LogP contribution in [0.15, 0.2) is 0 Å². The number of rotatable bonds is 0. The maximum absolute atomic E-state index is 2.00. The van der Waals surface area contributed by atoms with E-state index >= 15 is 0 Å². The summed E-state index contributed by atoms with van der Waals surface area (Å²) in [6, 6.07) is 0. The largest absolute Gasteiger partial charge is 2.00 e. The molecular formula is C10H10Pb+2. The van der Waals surface area contributed by atoms with Gasteiger partial charge in [-0.15, -0.1) is 0 Å². The van der Waals surface area contributed by atoms with Gasteiger partial charge in [-0.3, -0.25) is 0 Å². The molecular weight excluding hydrogens is 327 g/mol. The predicted molar refractivity (Wildman–Crippen MR) is 48.8 cm³/mol. The molecule has 0 atom stereocenters. The average molecular weight is 337 g/mol. The van der Waals surface area contributed by atoms with Crippen LogP contribution in [0.1, 0.15) is 0 Å². The minimum absolute atomic E-state index is 0. The Kier molecular flexibility index (Phi) is 9.77. The van der Waals surface area contributed by atoms with Crippen LogP contribution in [-0.2, 0) is 0 Å². The fourth-order valence-electron chi connectivity index (χ4n) is 0.642. The van der Waals surface area contributed by atoms with Gasteiger partial charge in [0.2, 0.25) is 0 Å². The molecule has 2 rings (SSSR count). The first-order valence-electron chi connectivity index (χ1n) is 3.33. The molecule has 0 saturated heterocycles. The first kappa shape index (κ1) is 11.9. The van der Waals surface area contributed by atoms with Crippen molar-refractivity contribution in [1.29, 1.82) is 0 Å². The maximum Gasteiger partial charge on any atom is 2.00 e. The Bertz CT molecular complexity index is 38.1. The fourth-order valence-corrected chi connectivity index (χ4v) is 0.642. The van der Waals surface area contributed by atoms with Gasteiger partial charge in [-0.25, -0.2) is 0 Å². The van der Waals surface area contributed by atoms with Crippen LogP contribution in [-0.4, -0.2) is 27.3 Å². The molecule has 2 aliphatic rings. The zero-order valence-corrected chi connectivity index (χ0v) is 10.2. The minimum Gasteiger partial charge on any atom is -0.0312 e. The van der Waals surface area contributed by atoms with Gasteiger partial charge in [-0.2, -0.15) is 0 Å². The van der Waals surface area contributed by atoms with Crippen molar-refractivity contribution in [2.75, 3.05) is 0 Å². The van der Waals surface area contributed by atoms with Crippen molar-refractivity contribution in [2.45, 2.75) is 0 Å². The molecule has 0 bridgehead atoms. The Hall–Kier alpha value is 0.922. The normalized spacial score (nSPS) is 21.8. The van der Waals surface area contributed by atoms with E-state index in [1.165, 1.54) is 0 Å². The third-order valence-electron chi connectivity index (χ3n) is 1.11. The van der Waals surface area contributed by atoms with Crippen LogP contribution in [0, 0.1) is 64.2 Å². The predicted octanol–water partition coefficient (Wildman–Crippen LogP) is 1.66. The van der Waals surface area contributed by atoms with E-state index < -0.39 is 0 Å². The molecule has 0 nitrogen and oxygen atoms in total. The quantitative estimate of drug-likeness (QED) is 0.590. The van der Waals surface area contributed by atoms with Crippen LogP contribution >= 0.6 is 0 Å². The molecule has 52 valence electrons. The number of hydrogen-bond acceptors (Lipinski definition) is 0. The topological polar surface area (TPSA) is 0 Å². The monoisotopic (exact) mass is 338 g/mol. The summed E-state index contributed by atoms with van der Waals surface area (Å²) < 4.78 is 0. The van der Waals surface area contributed by atoms with Gasteiger partial charge in [0.05, 0.1) is 0 Å². The van der Waals surface area contributed by atoms with E-state index in [0.29, 0.717) is 0 Å². The van der Waals surface area contributed by atoms with Crippen LogP contribution in [0.4, 0.5) is 0 Å². The smallest absolute Gasteiger partial charge is 0.0312 e. The Morgan fingerprint density at radius 1 is 0.273 bits per heavy atom. The molecule has 0 amide bonds. The van der Waals surface area contributed by atoms with Crippen LogP contribution in [0.25, 0.3) is 0 Å². The average Bonchev–Trinajstić information content (AvgIpc) is 2.67. The van der Waals surface area contributed by atoms with Gasteiger partial charge in [-0.05, 0) is 64.2 Å². The van der Waals surface area contributed by atoms with Gasteiger partial charge in [0.15, 0.2) is 0 Å². The molecule has 0 heterocycles. The van der Waals surface area contributed by atoms with Crippen LogP contribution in [0.5, 0.6) is 0 Å². The van der Waals surface area contributed by atoms with E-state index in [9.17, 15) is 0 Å². The maximum atomic E-state index is 2.00. The molecule has 0 aromatic rings. The van der Waals surface area contributed by atoms with Crippen LogP contribution < -0.4 is 0 Å². The molecule has 0 aromatic heterocycles. The van der Waals surface area contributed by atoms with Gasteiger partial charge < -0.3 is 0 Å². The molecule has 0 aliphatic heterocycles. The first-order valence-corrected chi connectivity index (χ1v) is 3.33. The second kappa shape index (κ2) is 9.01. The van der Waals surface area contributed by atoms with Crippen LogP contribution in [0.2, 0.25) is 0 Å². The van der Waals surface area contributed by atoms with Crippen molar-refractivity contribution < 1.29 is 0 Å². The van der Waals surface area contributed by atoms with Gasteiger partial charge in [0.1, 0.15) is 0 Å². The first-order chi connectivity index (χ1) is 5.00. The Morgan fingerprint density at radius 3 is 0.455 bits per heavy atom.